The third-order valence-electron chi connectivity index (χ3n) is 3.31. The SMILES string of the molecule is O=S(=O)(c1ccccc1)C(F)(F)C(F)(F)C(O)c1ccc(Cl)cc1. The van der Waals surface area contributed by atoms with E-state index in [1.807, 2.05) is 0 Å². The molecule has 2 aromatic rings. The number of benzene rings is 2. The number of hydrogen-bond donors (Lipinski definition) is 1. The minimum Gasteiger partial charge on any atom is -0.382 e. The summed E-state index contributed by atoms with van der Waals surface area (Å²) in [6.07, 6.45) is -3.04. The van der Waals surface area contributed by atoms with Crippen molar-refractivity contribution in [3.63, 3.8) is 0 Å². The van der Waals surface area contributed by atoms with E-state index >= 15 is 0 Å². The van der Waals surface area contributed by atoms with Crippen molar-refractivity contribution >= 4 is 21.4 Å². The first-order chi connectivity index (χ1) is 11.0. The van der Waals surface area contributed by atoms with Gasteiger partial charge in [-0.15, -0.1) is 0 Å². The maximum absolute atomic E-state index is 14.2. The molecule has 0 fully saturated rings. The fourth-order valence-electron chi connectivity index (χ4n) is 1.94. The molecule has 0 saturated heterocycles. The zero-order valence-corrected chi connectivity index (χ0v) is 13.4. The van der Waals surface area contributed by atoms with Crippen LogP contribution in [0.1, 0.15) is 11.7 Å². The maximum atomic E-state index is 14.2. The van der Waals surface area contributed by atoms with Crippen molar-refractivity contribution in [1.82, 2.24) is 0 Å². The zero-order valence-electron chi connectivity index (χ0n) is 11.8. The van der Waals surface area contributed by atoms with Gasteiger partial charge in [0.1, 0.15) is 6.10 Å². The largest absolute Gasteiger partial charge is 0.414 e. The lowest BCUT2D eigenvalue weighted by atomic mass is 10.0. The molecule has 0 aliphatic carbocycles. The van der Waals surface area contributed by atoms with E-state index in [1.54, 1.807) is 0 Å². The number of hydrogen-bond acceptors (Lipinski definition) is 3. The van der Waals surface area contributed by atoms with E-state index in [2.05, 4.69) is 0 Å². The Hall–Kier alpha value is -1.64. The van der Waals surface area contributed by atoms with E-state index in [0.29, 0.717) is 0 Å². The summed E-state index contributed by atoms with van der Waals surface area (Å²) in [5.74, 6) is -5.27. The molecule has 0 saturated carbocycles. The van der Waals surface area contributed by atoms with E-state index in [9.17, 15) is 31.1 Å². The molecule has 0 aliphatic rings. The summed E-state index contributed by atoms with van der Waals surface area (Å²) in [6.45, 7) is 0. The molecule has 0 spiro atoms. The second kappa shape index (κ2) is 6.34. The lowest BCUT2D eigenvalue weighted by Crippen LogP contribution is -2.50. The van der Waals surface area contributed by atoms with E-state index in [4.69, 9.17) is 11.6 Å². The average molecular weight is 383 g/mol. The van der Waals surface area contributed by atoms with Crippen LogP contribution in [0.5, 0.6) is 0 Å². The predicted octanol–water partition coefficient (Wildman–Crippen LogP) is 4.08. The van der Waals surface area contributed by atoms with Gasteiger partial charge < -0.3 is 5.11 Å². The van der Waals surface area contributed by atoms with E-state index in [-0.39, 0.29) is 5.02 Å². The molecule has 24 heavy (non-hydrogen) atoms. The number of aliphatic hydroxyl groups is 1. The molecule has 0 radical (unpaired) electrons. The van der Waals surface area contributed by atoms with Gasteiger partial charge in [0.2, 0.25) is 9.84 Å². The monoisotopic (exact) mass is 382 g/mol. The van der Waals surface area contributed by atoms with E-state index < -0.39 is 37.6 Å². The normalized spacial score (nSPS) is 14.4. The summed E-state index contributed by atoms with van der Waals surface area (Å²) in [4.78, 5) is -0.974. The molecule has 0 aromatic heterocycles. The van der Waals surface area contributed by atoms with Crippen LogP contribution in [0, 0.1) is 0 Å². The average Bonchev–Trinajstić information content (AvgIpc) is 2.55. The first-order valence-electron chi connectivity index (χ1n) is 6.50. The molecule has 0 bridgehead atoms. The topological polar surface area (TPSA) is 54.4 Å². The third kappa shape index (κ3) is 3.01. The van der Waals surface area contributed by atoms with Gasteiger partial charge in [-0.3, -0.25) is 0 Å². The maximum Gasteiger partial charge on any atom is 0.414 e. The highest BCUT2D eigenvalue weighted by Gasteiger charge is 2.69. The van der Waals surface area contributed by atoms with Crippen molar-refractivity contribution in [2.45, 2.75) is 22.2 Å². The van der Waals surface area contributed by atoms with Gasteiger partial charge in [-0.25, -0.2) is 8.42 Å². The van der Waals surface area contributed by atoms with Crippen molar-refractivity contribution in [2.24, 2.45) is 0 Å². The van der Waals surface area contributed by atoms with Crippen LogP contribution in [-0.2, 0) is 9.84 Å². The summed E-state index contributed by atoms with van der Waals surface area (Å²) in [6, 6.07) is 9.17. The molecule has 9 heteroatoms. The highest BCUT2D eigenvalue weighted by molar-refractivity contribution is 7.92. The lowest BCUT2D eigenvalue weighted by molar-refractivity contribution is -0.215. The quantitative estimate of drug-likeness (QED) is 0.793. The number of halogens is 5. The van der Waals surface area contributed by atoms with Gasteiger partial charge in [0, 0.05) is 5.02 Å². The molecule has 1 N–H and O–H groups in total. The standard InChI is InChI=1S/C15H11ClF4O3S/c16-11-8-6-10(7-9-11)13(21)14(17,18)15(19,20)24(22,23)12-4-2-1-3-5-12/h1-9,13,21H. The van der Waals surface area contributed by atoms with Crippen molar-refractivity contribution < 1.29 is 31.1 Å². The molecule has 0 aliphatic heterocycles. The number of alkyl halides is 4. The fraction of sp³-hybridized carbons (Fsp3) is 0.200. The van der Waals surface area contributed by atoms with Crippen molar-refractivity contribution in [2.75, 3.05) is 0 Å². The second-order valence-corrected chi connectivity index (χ2v) is 7.34. The van der Waals surface area contributed by atoms with E-state index in [1.165, 1.54) is 6.07 Å². The Morgan fingerprint density at radius 2 is 1.42 bits per heavy atom. The molecule has 0 amide bonds. The Bertz CT molecular complexity index is 808. The Balaban J connectivity index is 2.47. The summed E-state index contributed by atoms with van der Waals surface area (Å²) in [5, 5.41) is 4.26. The zero-order chi connectivity index (χ0) is 18.2. The van der Waals surface area contributed by atoms with Crippen molar-refractivity contribution in [3.8, 4) is 0 Å². The molecule has 3 nitrogen and oxygen atoms in total. The third-order valence-corrected chi connectivity index (χ3v) is 5.40. The van der Waals surface area contributed by atoms with Gasteiger partial charge in [0.05, 0.1) is 4.90 Å². The minimum atomic E-state index is -5.73. The molecule has 0 heterocycles. The number of sulfone groups is 1. The highest BCUT2D eigenvalue weighted by Crippen LogP contribution is 2.48. The van der Waals surface area contributed by atoms with Crippen LogP contribution in [0.3, 0.4) is 0 Å². The Labute approximate surface area is 140 Å². The molecule has 130 valence electrons. The highest BCUT2D eigenvalue weighted by atomic mass is 35.5. The van der Waals surface area contributed by atoms with Gasteiger partial charge in [0.15, 0.2) is 0 Å². The van der Waals surface area contributed by atoms with Crippen molar-refractivity contribution in [3.05, 3.63) is 65.2 Å². The summed E-state index contributed by atoms with van der Waals surface area (Å²) in [5.41, 5.74) is -0.590. The molecule has 1 atom stereocenters. The molecular formula is C15H11ClF4O3S. The van der Waals surface area contributed by atoms with Crippen LogP contribution in [-0.4, -0.2) is 24.7 Å². The summed E-state index contributed by atoms with van der Waals surface area (Å²) in [7, 11) is -5.73. The number of rotatable bonds is 5. The van der Waals surface area contributed by atoms with Crippen LogP contribution in [0.25, 0.3) is 0 Å². The van der Waals surface area contributed by atoms with Gasteiger partial charge in [-0.1, -0.05) is 41.9 Å². The van der Waals surface area contributed by atoms with Gasteiger partial charge in [-0.2, -0.15) is 17.6 Å². The first kappa shape index (κ1) is 18.7. The molecule has 2 rings (SSSR count). The minimum absolute atomic E-state index is 0.137. The smallest absolute Gasteiger partial charge is 0.382 e. The van der Waals surface area contributed by atoms with Crippen LogP contribution in [0.4, 0.5) is 17.6 Å². The Morgan fingerprint density at radius 3 is 1.92 bits per heavy atom. The second-order valence-electron chi connectivity index (χ2n) is 4.91. The van der Waals surface area contributed by atoms with Gasteiger partial charge in [-0.05, 0) is 29.8 Å². The van der Waals surface area contributed by atoms with Crippen LogP contribution in [0.15, 0.2) is 59.5 Å². The fourth-order valence-corrected chi connectivity index (χ4v) is 3.35. The molecule has 2 aromatic carbocycles. The Morgan fingerprint density at radius 1 is 0.917 bits per heavy atom. The first-order valence-corrected chi connectivity index (χ1v) is 8.37. The summed E-state index contributed by atoms with van der Waals surface area (Å²) < 4.78 is 80.5. The Kier molecular flexibility index (Phi) is 4.94. The number of aliphatic hydroxyl groups excluding tert-OH is 1. The van der Waals surface area contributed by atoms with Crippen LogP contribution >= 0.6 is 11.6 Å². The lowest BCUT2D eigenvalue weighted by Gasteiger charge is -2.30. The summed E-state index contributed by atoms with van der Waals surface area (Å²) >= 11 is 5.56. The van der Waals surface area contributed by atoms with Crippen molar-refractivity contribution in [1.29, 1.82) is 0 Å². The van der Waals surface area contributed by atoms with Crippen LogP contribution < -0.4 is 0 Å². The predicted molar refractivity (Wildman–Crippen MR) is 79.9 cm³/mol. The molecule has 1 unspecified atom stereocenters. The van der Waals surface area contributed by atoms with Crippen LogP contribution in [0.2, 0.25) is 5.02 Å². The molecular weight excluding hydrogens is 372 g/mol. The van der Waals surface area contributed by atoms with E-state index in [0.717, 1.165) is 48.5 Å². The van der Waals surface area contributed by atoms with Gasteiger partial charge in [0.25, 0.3) is 0 Å². The van der Waals surface area contributed by atoms with Gasteiger partial charge >= 0.3 is 11.2 Å².